The standard InChI is InChI=1S/C19H20F3N5O4S2/c1-3-33(29,30)15-8-12(26-32(28)6-4-31-5-7-32)10-24-17(15)18-25-13-9-16(19(20,21)22)23-11-14(13)27(18)2/h8-11H,3-7H2,1-2H3. The Hall–Kier alpha value is -2.58. The van der Waals surface area contributed by atoms with Crippen LogP contribution in [-0.2, 0) is 37.5 Å². The molecule has 0 bridgehead atoms. The van der Waals surface area contributed by atoms with Crippen LogP contribution in [0.1, 0.15) is 12.6 Å². The maximum absolute atomic E-state index is 13.0. The third-order valence-corrected chi connectivity index (χ3v) is 9.08. The molecule has 0 amide bonds. The fourth-order valence-corrected chi connectivity index (χ4v) is 6.04. The van der Waals surface area contributed by atoms with Crippen LogP contribution in [0.4, 0.5) is 18.9 Å². The molecule has 178 valence electrons. The third kappa shape index (κ3) is 4.59. The number of hydrogen-bond donors (Lipinski definition) is 0. The Labute approximate surface area is 188 Å². The maximum Gasteiger partial charge on any atom is 0.433 e. The van der Waals surface area contributed by atoms with Crippen molar-refractivity contribution >= 4 is 36.3 Å². The number of pyridine rings is 2. The number of aromatic nitrogens is 4. The normalized spacial score (nSPS) is 16.8. The molecule has 0 spiro atoms. The van der Waals surface area contributed by atoms with E-state index in [-0.39, 0.29) is 50.4 Å². The van der Waals surface area contributed by atoms with Crippen LogP contribution >= 0.6 is 0 Å². The van der Waals surface area contributed by atoms with Crippen molar-refractivity contribution in [1.82, 2.24) is 19.5 Å². The SMILES string of the molecule is CCS(=O)(=O)c1cc(N=S2(=O)CCOCC2)cnc1-c1nc2cc(C(F)(F)F)ncc2n1C. The van der Waals surface area contributed by atoms with Gasteiger partial charge >= 0.3 is 6.18 Å². The Bertz CT molecular complexity index is 1450. The molecule has 3 aromatic rings. The molecule has 0 radical (unpaired) electrons. The molecular formula is C19H20F3N5O4S2. The molecule has 1 aliphatic heterocycles. The Kier molecular flexibility index (Phi) is 5.95. The lowest BCUT2D eigenvalue weighted by molar-refractivity contribution is -0.141. The summed E-state index contributed by atoms with van der Waals surface area (Å²) >= 11 is 0. The van der Waals surface area contributed by atoms with Crippen molar-refractivity contribution in [2.24, 2.45) is 11.4 Å². The van der Waals surface area contributed by atoms with Crippen molar-refractivity contribution in [3.05, 3.63) is 30.2 Å². The second kappa shape index (κ2) is 8.33. The summed E-state index contributed by atoms with van der Waals surface area (Å²) in [5.41, 5.74) is -0.736. The zero-order valence-electron chi connectivity index (χ0n) is 17.7. The van der Waals surface area contributed by atoms with Crippen LogP contribution in [0.25, 0.3) is 22.6 Å². The van der Waals surface area contributed by atoms with E-state index in [0.717, 1.165) is 12.3 Å². The summed E-state index contributed by atoms with van der Waals surface area (Å²) in [7, 11) is -4.91. The van der Waals surface area contributed by atoms with Gasteiger partial charge in [-0.3, -0.25) is 0 Å². The van der Waals surface area contributed by atoms with E-state index >= 15 is 0 Å². The molecule has 3 aromatic heterocycles. The maximum atomic E-state index is 13.0. The van der Waals surface area contributed by atoms with E-state index in [2.05, 4.69) is 19.3 Å². The Morgan fingerprint density at radius 2 is 1.88 bits per heavy atom. The molecule has 0 N–H and O–H groups in total. The first-order valence-corrected chi connectivity index (χ1v) is 13.4. The second-order valence-electron chi connectivity index (χ2n) is 7.38. The van der Waals surface area contributed by atoms with Gasteiger partial charge in [0.05, 0.1) is 74.2 Å². The molecule has 33 heavy (non-hydrogen) atoms. The van der Waals surface area contributed by atoms with Crippen LogP contribution in [0.15, 0.2) is 33.8 Å². The minimum Gasteiger partial charge on any atom is -0.379 e. The molecule has 4 heterocycles. The number of alkyl halides is 3. The van der Waals surface area contributed by atoms with Gasteiger partial charge in [-0.1, -0.05) is 6.92 Å². The van der Waals surface area contributed by atoms with E-state index in [1.54, 1.807) is 0 Å². The summed E-state index contributed by atoms with van der Waals surface area (Å²) in [6.45, 7) is 2.04. The molecule has 0 aliphatic carbocycles. The lowest BCUT2D eigenvalue weighted by Gasteiger charge is -2.16. The van der Waals surface area contributed by atoms with Crippen LogP contribution < -0.4 is 0 Å². The Morgan fingerprint density at radius 1 is 1.18 bits per heavy atom. The molecule has 0 aromatic carbocycles. The third-order valence-electron chi connectivity index (χ3n) is 5.19. The lowest BCUT2D eigenvalue weighted by atomic mass is 10.3. The van der Waals surface area contributed by atoms with Crippen molar-refractivity contribution in [3.63, 3.8) is 0 Å². The summed E-state index contributed by atoms with van der Waals surface area (Å²) < 4.78 is 88.7. The Balaban J connectivity index is 1.90. The van der Waals surface area contributed by atoms with Crippen LogP contribution in [0, 0.1) is 0 Å². The van der Waals surface area contributed by atoms with E-state index in [4.69, 9.17) is 4.74 Å². The number of ether oxygens (including phenoxy) is 1. The molecule has 1 aliphatic rings. The van der Waals surface area contributed by atoms with Gasteiger partial charge in [-0.25, -0.2) is 27.6 Å². The molecule has 0 atom stereocenters. The topological polar surface area (TPSA) is 116 Å². The van der Waals surface area contributed by atoms with E-state index in [9.17, 15) is 25.8 Å². The van der Waals surface area contributed by atoms with Crippen LogP contribution in [0.5, 0.6) is 0 Å². The van der Waals surface area contributed by atoms with E-state index in [1.165, 1.54) is 30.8 Å². The fraction of sp³-hybridized carbons (Fsp3) is 0.421. The number of fused-ring (bicyclic) bond motifs is 1. The number of aryl methyl sites for hydroxylation is 1. The quantitative estimate of drug-likeness (QED) is 0.537. The Morgan fingerprint density at radius 3 is 2.52 bits per heavy atom. The van der Waals surface area contributed by atoms with E-state index in [1.807, 2.05) is 0 Å². The monoisotopic (exact) mass is 503 g/mol. The minimum atomic E-state index is -4.65. The summed E-state index contributed by atoms with van der Waals surface area (Å²) in [4.78, 5) is 11.7. The summed E-state index contributed by atoms with van der Waals surface area (Å²) in [6, 6.07) is 2.08. The predicted molar refractivity (Wildman–Crippen MR) is 115 cm³/mol. The molecule has 9 nitrogen and oxygen atoms in total. The van der Waals surface area contributed by atoms with Crippen molar-refractivity contribution in [2.45, 2.75) is 18.0 Å². The molecule has 14 heteroatoms. The highest BCUT2D eigenvalue weighted by Gasteiger charge is 2.33. The van der Waals surface area contributed by atoms with E-state index < -0.39 is 31.4 Å². The van der Waals surface area contributed by atoms with Gasteiger partial charge in [-0.15, -0.1) is 0 Å². The highest BCUT2D eigenvalue weighted by Crippen LogP contribution is 2.33. The van der Waals surface area contributed by atoms with Gasteiger partial charge in [-0.2, -0.15) is 17.5 Å². The van der Waals surface area contributed by atoms with Crippen LogP contribution in [-0.4, -0.2) is 62.6 Å². The molecule has 4 rings (SSSR count). The van der Waals surface area contributed by atoms with Gasteiger partial charge in [0.15, 0.2) is 15.7 Å². The second-order valence-corrected chi connectivity index (χ2v) is 12.2. The first-order valence-electron chi connectivity index (χ1n) is 9.87. The van der Waals surface area contributed by atoms with Gasteiger partial charge in [0.2, 0.25) is 0 Å². The molecular weight excluding hydrogens is 483 g/mol. The average Bonchev–Trinajstić information content (AvgIpc) is 3.09. The van der Waals surface area contributed by atoms with E-state index in [0.29, 0.717) is 13.2 Å². The van der Waals surface area contributed by atoms with Gasteiger partial charge in [0.1, 0.15) is 11.4 Å². The number of rotatable bonds is 4. The molecule has 0 unspecified atom stereocenters. The smallest absolute Gasteiger partial charge is 0.379 e. The lowest BCUT2D eigenvalue weighted by Crippen LogP contribution is -2.25. The first kappa shape index (κ1) is 23.6. The largest absolute Gasteiger partial charge is 0.433 e. The average molecular weight is 504 g/mol. The zero-order chi connectivity index (χ0) is 24.0. The number of halogens is 3. The molecule has 1 fully saturated rings. The number of nitrogens with zero attached hydrogens (tertiary/aromatic N) is 5. The van der Waals surface area contributed by atoms with Crippen LogP contribution in [0.3, 0.4) is 0 Å². The number of sulfone groups is 1. The van der Waals surface area contributed by atoms with Crippen molar-refractivity contribution < 1.29 is 30.5 Å². The number of imidazole rings is 1. The van der Waals surface area contributed by atoms with Gasteiger partial charge in [-0.05, 0) is 12.1 Å². The van der Waals surface area contributed by atoms with Crippen molar-refractivity contribution in [2.75, 3.05) is 30.5 Å². The molecule has 0 saturated carbocycles. The van der Waals surface area contributed by atoms with Gasteiger partial charge < -0.3 is 9.30 Å². The number of hydrogen-bond acceptors (Lipinski definition) is 8. The van der Waals surface area contributed by atoms with Gasteiger partial charge in [0.25, 0.3) is 0 Å². The highest BCUT2D eigenvalue weighted by molar-refractivity contribution is 7.93. The first-order chi connectivity index (χ1) is 15.4. The van der Waals surface area contributed by atoms with Gasteiger partial charge in [0, 0.05) is 7.05 Å². The predicted octanol–water partition coefficient (Wildman–Crippen LogP) is 2.97. The summed E-state index contributed by atoms with van der Waals surface area (Å²) in [5.74, 6) is 0.256. The fourth-order valence-electron chi connectivity index (χ4n) is 3.37. The van der Waals surface area contributed by atoms with Crippen LogP contribution in [0.2, 0.25) is 0 Å². The molecule has 1 saturated heterocycles. The summed E-state index contributed by atoms with van der Waals surface area (Å²) in [5, 5.41) is 0. The minimum absolute atomic E-state index is 0.00426. The van der Waals surface area contributed by atoms with Crippen molar-refractivity contribution in [1.29, 1.82) is 0 Å². The zero-order valence-corrected chi connectivity index (χ0v) is 19.3. The van der Waals surface area contributed by atoms with Crippen molar-refractivity contribution in [3.8, 4) is 11.5 Å². The summed E-state index contributed by atoms with van der Waals surface area (Å²) in [6.07, 6.45) is -2.34. The highest BCUT2D eigenvalue weighted by atomic mass is 32.2.